The van der Waals surface area contributed by atoms with Crippen LogP contribution in [-0.4, -0.2) is 20.7 Å². The Bertz CT molecular complexity index is 1020. The van der Waals surface area contributed by atoms with Crippen LogP contribution in [0.5, 0.6) is 5.75 Å². The van der Waals surface area contributed by atoms with Gasteiger partial charge in [-0.25, -0.2) is 0 Å². The molecule has 2 heterocycles. The Balaban J connectivity index is 1.92. The average Bonchev–Trinajstić information content (AvgIpc) is 3.11. The maximum absolute atomic E-state index is 12.9. The Hall–Kier alpha value is -3.23. The number of hydrogen-bond acceptors (Lipinski definition) is 4. The van der Waals surface area contributed by atoms with Crippen molar-refractivity contribution in [1.29, 1.82) is 0 Å². The predicted octanol–water partition coefficient (Wildman–Crippen LogP) is 4.37. The molecule has 0 bridgehead atoms. The third-order valence-electron chi connectivity index (χ3n) is 4.08. The number of amides is 1. The smallest absolute Gasteiger partial charge is 0.420 e. The van der Waals surface area contributed by atoms with Crippen LogP contribution in [0.2, 0.25) is 0 Å². The lowest BCUT2D eigenvalue weighted by atomic mass is 10.1. The second kappa shape index (κ2) is 6.49. The van der Waals surface area contributed by atoms with Crippen LogP contribution in [0, 0.1) is 20.8 Å². The molecule has 0 atom stereocenters. The first-order valence-electron chi connectivity index (χ1n) is 7.92. The number of aryl methyl sites for hydroxylation is 2. The van der Waals surface area contributed by atoms with Crippen LogP contribution in [0.3, 0.4) is 0 Å². The minimum absolute atomic E-state index is 0.0767. The van der Waals surface area contributed by atoms with E-state index in [9.17, 15) is 23.1 Å². The van der Waals surface area contributed by atoms with E-state index in [0.717, 1.165) is 6.07 Å². The number of anilines is 1. The molecule has 0 aliphatic heterocycles. The monoisotopic (exact) mass is 379 g/mol. The highest BCUT2D eigenvalue weighted by Crippen LogP contribution is 2.37. The number of aromatic nitrogens is 2. The normalized spacial score (nSPS) is 11.6. The van der Waals surface area contributed by atoms with Crippen LogP contribution in [0.15, 0.2) is 34.9 Å². The van der Waals surface area contributed by atoms with Gasteiger partial charge in [-0.05, 0) is 45.0 Å². The van der Waals surface area contributed by atoms with Crippen LogP contribution >= 0.6 is 0 Å². The minimum Gasteiger partial charge on any atom is -0.507 e. The Morgan fingerprint density at radius 1 is 1.19 bits per heavy atom. The molecule has 0 unspecified atom stereocenters. The highest BCUT2D eigenvalue weighted by Gasteiger charge is 2.34. The van der Waals surface area contributed by atoms with Crippen molar-refractivity contribution in [3.8, 4) is 11.6 Å². The molecule has 0 aliphatic rings. The van der Waals surface area contributed by atoms with Crippen molar-refractivity contribution in [1.82, 2.24) is 9.72 Å². The summed E-state index contributed by atoms with van der Waals surface area (Å²) in [4.78, 5) is 12.6. The molecule has 0 aliphatic carbocycles. The summed E-state index contributed by atoms with van der Waals surface area (Å²) in [6, 6.07) is 6.09. The highest BCUT2D eigenvalue weighted by atomic mass is 19.4. The Morgan fingerprint density at radius 2 is 1.89 bits per heavy atom. The highest BCUT2D eigenvalue weighted by molar-refractivity contribution is 6.05. The summed E-state index contributed by atoms with van der Waals surface area (Å²) in [5, 5.41) is 15.7. The lowest BCUT2D eigenvalue weighted by molar-refractivity contribution is -0.138. The van der Waals surface area contributed by atoms with Crippen LogP contribution in [0.1, 0.15) is 33.1 Å². The first kappa shape index (κ1) is 18.6. The van der Waals surface area contributed by atoms with Gasteiger partial charge in [0, 0.05) is 23.1 Å². The number of aromatic hydroxyl groups is 1. The number of alkyl halides is 3. The first-order chi connectivity index (χ1) is 12.6. The van der Waals surface area contributed by atoms with Crippen molar-refractivity contribution in [2.45, 2.75) is 26.9 Å². The zero-order valence-electron chi connectivity index (χ0n) is 14.7. The molecule has 142 valence electrons. The largest absolute Gasteiger partial charge is 0.507 e. The molecule has 9 heteroatoms. The number of benzene rings is 1. The van der Waals surface area contributed by atoms with Gasteiger partial charge >= 0.3 is 6.18 Å². The fraction of sp³-hybridized carbons (Fsp3) is 0.222. The second-order valence-electron chi connectivity index (χ2n) is 6.10. The van der Waals surface area contributed by atoms with Crippen molar-refractivity contribution < 1.29 is 27.6 Å². The van der Waals surface area contributed by atoms with E-state index < -0.39 is 23.4 Å². The molecule has 3 aromatic rings. The van der Waals surface area contributed by atoms with E-state index in [1.165, 1.54) is 6.07 Å². The molecule has 6 nitrogen and oxygen atoms in total. The molecule has 3 rings (SSSR count). The molecular weight excluding hydrogens is 363 g/mol. The Morgan fingerprint density at radius 3 is 2.48 bits per heavy atom. The van der Waals surface area contributed by atoms with E-state index in [2.05, 4.69) is 10.5 Å². The maximum atomic E-state index is 12.9. The zero-order valence-corrected chi connectivity index (χ0v) is 14.7. The van der Waals surface area contributed by atoms with Gasteiger partial charge in [0.25, 0.3) is 5.91 Å². The molecule has 0 fully saturated rings. The Kier molecular flexibility index (Phi) is 4.46. The summed E-state index contributed by atoms with van der Waals surface area (Å²) >= 11 is 0. The summed E-state index contributed by atoms with van der Waals surface area (Å²) in [7, 11) is 0. The van der Waals surface area contributed by atoms with Crippen LogP contribution < -0.4 is 5.32 Å². The number of nitrogens with one attached hydrogen (secondary N) is 1. The lowest BCUT2D eigenvalue weighted by Crippen LogP contribution is -2.14. The first-order valence-corrected chi connectivity index (χ1v) is 7.92. The van der Waals surface area contributed by atoms with Gasteiger partial charge < -0.3 is 14.9 Å². The molecule has 0 radical (unpaired) electrons. The zero-order chi connectivity index (χ0) is 19.9. The SMILES string of the molecule is Cc1cc(-n2c(C)cc(C(=O)Nc3ccc(O)c(C(F)(F)F)c3)c2C)no1. The third-order valence-corrected chi connectivity index (χ3v) is 4.08. The van der Waals surface area contributed by atoms with Gasteiger partial charge in [-0.15, -0.1) is 0 Å². The van der Waals surface area contributed by atoms with Crippen LogP contribution in [0.25, 0.3) is 5.82 Å². The number of hydrogen-bond donors (Lipinski definition) is 2. The molecule has 0 saturated carbocycles. The van der Waals surface area contributed by atoms with Crippen LogP contribution in [0.4, 0.5) is 18.9 Å². The molecule has 1 aromatic carbocycles. The molecule has 27 heavy (non-hydrogen) atoms. The number of rotatable bonds is 3. The molecular formula is C18H16F3N3O3. The summed E-state index contributed by atoms with van der Waals surface area (Å²) in [6.45, 7) is 5.21. The van der Waals surface area contributed by atoms with Gasteiger partial charge in [-0.2, -0.15) is 13.2 Å². The quantitative estimate of drug-likeness (QED) is 0.663. The van der Waals surface area contributed by atoms with Gasteiger partial charge in [0.2, 0.25) is 0 Å². The van der Waals surface area contributed by atoms with Gasteiger partial charge in [0.1, 0.15) is 11.5 Å². The molecule has 1 amide bonds. The van der Waals surface area contributed by atoms with E-state index in [1.807, 2.05) is 0 Å². The number of nitrogens with zero attached hydrogens (tertiary/aromatic N) is 2. The van der Waals surface area contributed by atoms with E-state index >= 15 is 0 Å². The summed E-state index contributed by atoms with van der Waals surface area (Å²) in [5.41, 5.74) is 0.270. The van der Waals surface area contributed by atoms with Crippen molar-refractivity contribution in [2.75, 3.05) is 5.32 Å². The van der Waals surface area contributed by atoms with Crippen LogP contribution in [-0.2, 0) is 6.18 Å². The van der Waals surface area contributed by atoms with Gasteiger partial charge in [-0.3, -0.25) is 9.36 Å². The third kappa shape index (κ3) is 3.53. The van der Waals surface area contributed by atoms with Crippen molar-refractivity contribution in [3.63, 3.8) is 0 Å². The van der Waals surface area contributed by atoms with E-state index in [-0.39, 0.29) is 11.3 Å². The topological polar surface area (TPSA) is 80.3 Å². The average molecular weight is 379 g/mol. The summed E-state index contributed by atoms with van der Waals surface area (Å²) in [5.74, 6) is -0.369. The number of halogens is 3. The minimum atomic E-state index is -4.73. The van der Waals surface area contributed by atoms with E-state index in [4.69, 9.17) is 4.52 Å². The van der Waals surface area contributed by atoms with Gasteiger partial charge in [-0.1, -0.05) is 5.16 Å². The number of phenols is 1. The van der Waals surface area contributed by atoms with Crippen molar-refractivity contribution >= 4 is 11.6 Å². The molecule has 2 N–H and O–H groups in total. The fourth-order valence-corrected chi connectivity index (χ4v) is 2.84. The molecule has 0 saturated heterocycles. The van der Waals surface area contributed by atoms with E-state index in [0.29, 0.717) is 29.0 Å². The molecule has 2 aromatic heterocycles. The number of phenolic OH excluding ortho intramolecular Hbond substituents is 1. The Labute approximate surface area is 152 Å². The van der Waals surface area contributed by atoms with Gasteiger partial charge in [0.15, 0.2) is 5.82 Å². The van der Waals surface area contributed by atoms with Gasteiger partial charge in [0.05, 0.1) is 11.1 Å². The number of carbonyl (C=O) groups excluding carboxylic acids is 1. The standard InChI is InChI=1S/C18H16F3N3O3/c1-9-6-13(11(3)24(9)16-7-10(2)27-23-16)17(26)22-12-4-5-15(25)14(8-12)18(19,20)21/h4-8,25H,1-3H3,(H,22,26). The number of carbonyl (C=O) groups is 1. The van der Waals surface area contributed by atoms with E-state index in [1.54, 1.807) is 37.5 Å². The lowest BCUT2D eigenvalue weighted by Gasteiger charge is -2.12. The molecule has 0 spiro atoms. The maximum Gasteiger partial charge on any atom is 0.420 e. The summed E-state index contributed by atoms with van der Waals surface area (Å²) < 4.78 is 45.5. The fourth-order valence-electron chi connectivity index (χ4n) is 2.84. The summed E-state index contributed by atoms with van der Waals surface area (Å²) in [6.07, 6.45) is -4.73. The second-order valence-corrected chi connectivity index (χ2v) is 6.10. The predicted molar refractivity (Wildman–Crippen MR) is 91.1 cm³/mol. The van der Waals surface area contributed by atoms with Crippen molar-refractivity contribution in [3.05, 3.63) is 58.6 Å². The van der Waals surface area contributed by atoms with Crippen molar-refractivity contribution in [2.24, 2.45) is 0 Å².